The quantitative estimate of drug-likeness (QED) is 0.894. The van der Waals surface area contributed by atoms with E-state index in [-0.39, 0.29) is 0 Å². The maximum Gasteiger partial charge on any atom is 0.161 e. The van der Waals surface area contributed by atoms with Gasteiger partial charge in [-0.05, 0) is 39.0 Å². The van der Waals surface area contributed by atoms with Gasteiger partial charge in [0.2, 0.25) is 0 Å². The minimum atomic E-state index is 0.592. The zero-order chi connectivity index (χ0) is 15.6. The van der Waals surface area contributed by atoms with Crippen molar-refractivity contribution in [2.45, 2.75) is 64.3 Å². The number of aromatic nitrogens is 2. The van der Waals surface area contributed by atoms with E-state index in [1.54, 1.807) is 0 Å². The van der Waals surface area contributed by atoms with Crippen molar-refractivity contribution in [3.63, 3.8) is 0 Å². The molecule has 0 amide bonds. The Labute approximate surface area is 138 Å². The molecule has 1 fully saturated rings. The monoisotopic (exact) mass is 307 g/mol. The van der Waals surface area contributed by atoms with E-state index in [2.05, 4.69) is 36.5 Å². The Morgan fingerprint density at radius 2 is 1.70 bits per heavy atom. The minimum absolute atomic E-state index is 0.592. The maximum absolute atomic E-state index is 4.92. The van der Waals surface area contributed by atoms with Crippen molar-refractivity contribution >= 4 is 5.82 Å². The third kappa shape index (κ3) is 3.10. The van der Waals surface area contributed by atoms with Crippen LogP contribution in [0, 0.1) is 6.92 Å². The SMILES string of the molecule is Cc1ccc(-c2nc3c(c(NC4CCCCC4)n2)CCC3)cc1. The minimum Gasteiger partial charge on any atom is -0.367 e. The smallest absolute Gasteiger partial charge is 0.161 e. The number of rotatable bonds is 3. The zero-order valence-electron chi connectivity index (χ0n) is 13.9. The summed E-state index contributed by atoms with van der Waals surface area (Å²) in [4.78, 5) is 9.77. The van der Waals surface area contributed by atoms with Crippen molar-refractivity contribution < 1.29 is 0 Å². The van der Waals surface area contributed by atoms with Crippen LogP contribution in [-0.4, -0.2) is 16.0 Å². The van der Waals surface area contributed by atoms with Crippen LogP contribution in [0.25, 0.3) is 11.4 Å². The van der Waals surface area contributed by atoms with Crippen molar-refractivity contribution in [3.05, 3.63) is 41.1 Å². The third-order valence-electron chi connectivity index (χ3n) is 5.19. The molecule has 1 aromatic heterocycles. The van der Waals surface area contributed by atoms with Crippen LogP contribution >= 0.6 is 0 Å². The summed E-state index contributed by atoms with van der Waals surface area (Å²) in [6, 6.07) is 9.14. The van der Waals surface area contributed by atoms with Crippen LogP contribution in [0.5, 0.6) is 0 Å². The van der Waals surface area contributed by atoms with Crippen LogP contribution in [0.1, 0.15) is 55.3 Å². The lowest BCUT2D eigenvalue weighted by molar-refractivity contribution is 0.461. The number of anilines is 1. The van der Waals surface area contributed by atoms with Gasteiger partial charge in [-0.15, -0.1) is 0 Å². The molecule has 0 bridgehead atoms. The van der Waals surface area contributed by atoms with Crippen LogP contribution in [0.4, 0.5) is 5.82 Å². The lowest BCUT2D eigenvalue weighted by Gasteiger charge is -2.24. The van der Waals surface area contributed by atoms with E-state index in [9.17, 15) is 0 Å². The van der Waals surface area contributed by atoms with E-state index in [1.165, 1.54) is 55.3 Å². The molecule has 0 unspecified atom stereocenters. The van der Waals surface area contributed by atoms with Gasteiger partial charge in [0.05, 0.1) is 0 Å². The summed E-state index contributed by atoms with van der Waals surface area (Å²) in [7, 11) is 0. The van der Waals surface area contributed by atoms with Crippen molar-refractivity contribution in [1.29, 1.82) is 0 Å². The van der Waals surface area contributed by atoms with Gasteiger partial charge >= 0.3 is 0 Å². The maximum atomic E-state index is 4.92. The average molecular weight is 307 g/mol. The second-order valence-electron chi connectivity index (χ2n) is 7.02. The van der Waals surface area contributed by atoms with Crippen LogP contribution in [0.3, 0.4) is 0 Å². The number of benzene rings is 1. The van der Waals surface area contributed by atoms with E-state index in [0.29, 0.717) is 6.04 Å². The molecule has 0 atom stereocenters. The molecule has 23 heavy (non-hydrogen) atoms. The van der Waals surface area contributed by atoms with Crippen molar-refractivity contribution in [2.75, 3.05) is 5.32 Å². The molecule has 120 valence electrons. The van der Waals surface area contributed by atoms with Gasteiger partial charge in [-0.3, -0.25) is 0 Å². The molecular formula is C20H25N3. The molecule has 0 spiro atoms. The molecular weight excluding hydrogens is 282 g/mol. The predicted octanol–water partition coefficient (Wildman–Crippen LogP) is 4.69. The normalized spacial score (nSPS) is 18.0. The molecule has 2 aliphatic rings. The van der Waals surface area contributed by atoms with Gasteiger partial charge in [0.25, 0.3) is 0 Å². The highest BCUT2D eigenvalue weighted by atomic mass is 15.1. The summed E-state index contributed by atoms with van der Waals surface area (Å²) >= 11 is 0. The lowest BCUT2D eigenvalue weighted by atomic mass is 9.95. The number of nitrogens with zero attached hydrogens (tertiary/aromatic N) is 2. The highest BCUT2D eigenvalue weighted by molar-refractivity contribution is 5.61. The van der Waals surface area contributed by atoms with E-state index in [1.807, 2.05) is 0 Å². The first kappa shape index (κ1) is 14.7. The van der Waals surface area contributed by atoms with E-state index in [0.717, 1.165) is 30.0 Å². The third-order valence-corrected chi connectivity index (χ3v) is 5.19. The Kier molecular flexibility index (Phi) is 4.02. The Hall–Kier alpha value is -1.90. The van der Waals surface area contributed by atoms with Crippen LogP contribution in [0.2, 0.25) is 0 Å². The second-order valence-corrected chi connectivity index (χ2v) is 7.02. The Morgan fingerprint density at radius 1 is 0.913 bits per heavy atom. The first-order valence-corrected chi connectivity index (χ1v) is 9.03. The first-order valence-electron chi connectivity index (χ1n) is 9.03. The van der Waals surface area contributed by atoms with E-state index in [4.69, 9.17) is 9.97 Å². The average Bonchev–Trinajstić information content (AvgIpc) is 3.05. The van der Waals surface area contributed by atoms with Crippen molar-refractivity contribution in [1.82, 2.24) is 9.97 Å². The van der Waals surface area contributed by atoms with Gasteiger partial charge < -0.3 is 5.32 Å². The first-order chi connectivity index (χ1) is 11.3. The number of fused-ring (bicyclic) bond motifs is 1. The van der Waals surface area contributed by atoms with Gasteiger partial charge in [0, 0.05) is 22.9 Å². The van der Waals surface area contributed by atoms with Crippen molar-refractivity contribution in [2.24, 2.45) is 0 Å². The fourth-order valence-corrected chi connectivity index (χ4v) is 3.82. The second kappa shape index (κ2) is 6.31. The molecule has 1 aromatic carbocycles. The summed E-state index contributed by atoms with van der Waals surface area (Å²) in [6.45, 7) is 2.11. The van der Waals surface area contributed by atoms with Gasteiger partial charge in [-0.2, -0.15) is 0 Å². The fourth-order valence-electron chi connectivity index (χ4n) is 3.82. The molecule has 2 aliphatic carbocycles. The summed E-state index contributed by atoms with van der Waals surface area (Å²) < 4.78 is 0. The summed E-state index contributed by atoms with van der Waals surface area (Å²) in [5, 5.41) is 3.75. The van der Waals surface area contributed by atoms with Crippen molar-refractivity contribution in [3.8, 4) is 11.4 Å². The molecule has 3 heteroatoms. The molecule has 0 radical (unpaired) electrons. The number of aryl methyl sites for hydroxylation is 2. The molecule has 2 aromatic rings. The Balaban J connectivity index is 1.68. The van der Waals surface area contributed by atoms with E-state index >= 15 is 0 Å². The predicted molar refractivity (Wildman–Crippen MR) is 94.7 cm³/mol. The molecule has 1 saturated carbocycles. The summed E-state index contributed by atoms with van der Waals surface area (Å²) in [6.07, 6.45) is 10.0. The van der Waals surface area contributed by atoms with Crippen LogP contribution < -0.4 is 5.32 Å². The van der Waals surface area contributed by atoms with Crippen LogP contribution in [-0.2, 0) is 12.8 Å². The van der Waals surface area contributed by atoms with E-state index < -0.39 is 0 Å². The number of hydrogen-bond acceptors (Lipinski definition) is 3. The number of hydrogen-bond donors (Lipinski definition) is 1. The number of nitrogens with one attached hydrogen (secondary N) is 1. The van der Waals surface area contributed by atoms with Gasteiger partial charge in [-0.25, -0.2) is 9.97 Å². The topological polar surface area (TPSA) is 37.8 Å². The lowest BCUT2D eigenvalue weighted by Crippen LogP contribution is -2.24. The molecule has 4 rings (SSSR count). The molecule has 0 saturated heterocycles. The fraction of sp³-hybridized carbons (Fsp3) is 0.500. The zero-order valence-corrected chi connectivity index (χ0v) is 13.9. The van der Waals surface area contributed by atoms with Gasteiger partial charge in [-0.1, -0.05) is 49.1 Å². The van der Waals surface area contributed by atoms with Gasteiger partial charge in [0.1, 0.15) is 5.82 Å². The Morgan fingerprint density at radius 3 is 2.48 bits per heavy atom. The molecule has 0 aliphatic heterocycles. The van der Waals surface area contributed by atoms with Gasteiger partial charge in [0.15, 0.2) is 5.82 Å². The molecule has 3 nitrogen and oxygen atoms in total. The molecule has 1 heterocycles. The Bertz CT molecular complexity index is 685. The van der Waals surface area contributed by atoms with Crippen LogP contribution in [0.15, 0.2) is 24.3 Å². The largest absolute Gasteiger partial charge is 0.367 e. The highest BCUT2D eigenvalue weighted by Crippen LogP contribution is 2.31. The highest BCUT2D eigenvalue weighted by Gasteiger charge is 2.22. The molecule has 1 N–H and O–H groups in total. The summed E-state index contributed by atoms with van der Waals surface area (Å²) in [5.41, 5.74) is 5.02. The summed E-state index contributed by atoms with van der Waals surface area (Å²) in [5.74, 6) is 1.99. The standard InChI is InChI=1S/C20H25N3/c1-14-10-12-15(13-11-14)19-22-18-9-5-8-17(18)20(23-19)21-16-6-3-2-4-7-16/h10-13,16H,2-9H2,1H3,(H,21,22,23).